The van der Waals surface area contributed by atoms with Crippen molar-refractivity contribution in [2.24, 2.45) is 0 Å². The predicted molar refractivity (Wildman–Crippen MR) is 78.8 cm³/mol. The Hall–Kier alpha value is -1.25. The fourth-order valence-electron chi connectivity index (χ4n) is 2.49. The van der Waals surface area contributed by atoms with Gasteiger partial charge in [0.2, 0.25) is 0 Å². The van der Waals surface area contributed by atoms with Crippen molar-refractivity contribution in [1.29, 1.82) is 0 Å². The molecule has 0 amide bonds. The number of benzene rings is 2. The number of hydrogen-bond acceptors (Lipinski definition) is 2. The summed E-state index contributed by atoms with van der Waals surface area (Å²) in [7, 11) is 0. The number of rotatable bonds is 2. The molecular weight excluding hydrogens is 238 g/mol. The third-order valence-electron chi connectivity index (χ3n) is 3.35. The second kappa shape index (κ2) is 5.59. The van der Waals surface area contributed by atoms with Crippen LogP contribution in [0.25, 0.3) is 0 Å². The molecule has 0 radical (unpaired) electrons. The third kappa shape index (κ3) is 2.45. The van der Waals surface area contributed by atoms with Gasteiger partial charge in [0.1, 0.15) is 0 Å². The van der Waals surface area contributed by atoms with Gasteiger partial charge in [0, 0.05) is 23.6 Å². The normalized spacial score (nSPS) is 23.8. The van der Waals surface area contributed by atoms with Crippen molar-refractivity contribution in [3.63, 3.8) is 0 Å². The second-order valence-electron chi connectivity index (χ2n) is 4.54. The summed E-state index contributed by atoms with van der Waals surface area (Å²) in [5, 5.41) is 4.18. The van der Waals surface area contributed by atoms with Crippen molar-refractivity contribution in [3.8, 4) is 0 Å². The van der Waals surface area contributed by atoms with E-state index in [1.165, 1.54) is 16.9 Å². The highest BCUT2D eigenvalue weighted by Gasteiger charge is 2.27. The van der Waals surface area contributed by atoms with Crippen molar-refractivity contribution < 1.29 is 0 Å². The van der Waals surface area contributed by atoms with Gasteiger partial charge in [-0.05, 0) is 11.1 Å². The highest BCUT2D eigenvalue weighted by Crippen LogP contribution is 2.42. The van der Waals surface area contributed by atoms with Crippen molar-refractivity contribution in [2.75, 3.05) is 12.3 Å². The first-order chi connectivity index (χ1) is 8.95. The van der Waals surface area contributed by atoms with Crippen LogP contribution in [0.4, 0.5) is 0 Å². The van der Waals surface area contributed by atoms with E-state index in [-0.39, 0.29) is 0 Å². The van der Waals surface area contributed by atoms with Crippen LogP contribution >= 0.6 is 11.8 Å². The Morgan fingerprint density at radius 1 is 0.833 bits per heavy atom. The van der Waals surface area contributed by atoms with Crippen LogP contribution in [0.15, 0.2) is 60.7 Å². The fourth-order valence-corrected chi connectivity index (χ4v) is 3.77. The van der Waals surface area contributed by atoms with Crippen molar-refractivity contribution in [2.45, 2.75) is 11.3 Å². The Morgan fingerprint density at radius 2 is 1.44 bits per heavy atom. The zero-order chi connectivity index (χ0) is 12.2. The van der Waals surface area contributed by atoms with Gasteiger partial charge in [0.15, 0.2) is 0 Å². The average molecular weight is 255 g/mol. The maximum Gasteiger partial charge on any atom is 0.0492 e. The largest absolute Gasteiger partial charge is 0.308 e. The lowest BCUT2D eigenvalue weighted by atomic mass is 9.98. The van der Waals surface area contributed by atoms with Gasteiger partial charge >= 0.3 is 0 Å². The van der Waals surface area contributed by atoms with Crippen LogP contribution < -0.4 is 5.32 Å². The van der Waals surface area contributed by atoms with Gasteiger partial charge in [0.05, 0.1) is 0 Å². The molecule has 2 unspecified atom stereocenters. The smallest absolute Gasteiger partial charge is 0.0492 e. The molecule has 1 aliphatic rings. The molecule has 1 fully saturated rings. The zero-order valence-electron chi connectivity index (χ0n) is 10.3. The van der Waals surface area contributed by atoms with E-state index in [1.54, 1.807) is 0 Å². The number of thioether (sulfide) groups is 1. The molecule has 18 heavy (non-hydrogen) atoms. The molecule has 92 valence electrons. The summed E-state index contributed by atoms with van der Waals surface area (Å²) in [6.07, 6.45) is 0. The van der Waals surface area contributed by atoms with Crippen LogP contribution in [0, 0.1) is 0 Å². The van der Waals surface area contributed by atoms with E-state index < -0.39 is 0 Å². The van der Waals surface area contributed by atoms with Gasteiger partial charge in [0.25, 0.3) is 0 Å². The monoisotopic (exact) mass is 255 g/mol. The van der Waals surface area contributed by atoms with E-state index in [0.29, 0.717) is 11.3 Å². The van der Waals surface area contributed by atoms with E-state index in [2.05, 4.69) is 77.7 Å². The van der Waals surface area contributed by atoms with Crippen molar-refractivity contribution in [3.05, 3.63) is 71.8 Å². The summed E-state index contributed by atoms with van der Waals surface area (Å²) < 4.78 is 0. The van der Waals surface area contributed by atoms with Gasteiger partial charge in [-0.1, -0.05) is 60.7 Å². The number of hydrogen-bond donors (Lipinski definition) is 1. The first-order valence-corrected chi connectivity index (χ1v) is 7.45. The van der Waals surface area contributed by atoms with Crippen LogP contribution in [0.1, 0.15) is 22.4 Å². The molecule has 3 rings (SSSR count). The average Bonchev–Trinajstić information content (AvgIpc) is 2.49. The standard InChI is InChI=1S/C16H17NS/c1-3-7-13(8-4-1)15-16(18-12-11-17-15)14-9-5-2-6-10-14/h1-10,15-17H,11-12H2. The third-order valence-corrected chi connectivity index (χ3v) is 4.70. The van der Waals surface area contributed by atoms with Gasteiger partial charge in [-0.25, -0.2) is 0 Å². The molecule has 0 aromatic heterocycles. The topological polar surface area (TPSA) is 12.0 Å². The van der Waals surface area contributed by atoms with Crippen molar-refractivity contribution >= 4 is 11.8 Å². The molecule has 2 atom stereocenters. The molecule has 0 spiro atoms. The molecule has 1 heterocycles. The summed E-state index contributed by atoms with van der Waals surface area (Å²) >= 11 is 2.06. The van der Waals surface area contributed by atoms with E-state index in [0.717, 1.165) is 6.54 Å². The Bertz CT molecular complexity index is 435. The lowest BCUT2D eigenvalue weighted by Crippen LogP contribution is -2.32. The summed E-state index contributed by atoms with van der Waals surface area (Å²) in [5.41, 5.74) is 2.81. The van der Waals surface area contributed by atoms with Gasteiger partial charge in [-0.15, -0.1) is 0 Å². The zero-order valence-corrected chi connectivity index (χ0v) is 11.1. The molecule has 1 saturated heterocycles. The molecule has 1 aliphatic heterocycles. The first-order valence-electron chi connectivity index (χ1n) is 6.40. The maximum atomic E-state index is 3.66. The Kier molecular flexibility index (Phi) is 3.67. The summed E-state index contributed by atoms with van der Waals surface area (Å²) in [6.45, 7) is 1.09. The van der Waals surface area contributed by atoms with Gasteiger partial charge in [-0.2, -0.15) is 11.8 Å². The maximum absolute atomic E-state index is 3.66. The minimum atomic E-state index is 0.423. The molecule has 2 aromatic rings. The minimum absolute atomic E-state index is 0.423. The van der Waals surface area contributed by atoms with Crippen LogP contribution in [0.3, 0.4) is 0 Å². The van der Waals surface area contributed by atoms with E-state index >= 15 is 0 Å². The van der Waals surface area contributed by atoms with Gasteiger partial charge in [-0.3, -0.25) is 0 Å². The molecule has 0 saturated carbocycles. The second-order valence-corrected chi connectivity index (χ2v) is 5.79. The summed E-state index contributed by atoms with van der Waals surface area (Å²) in [5.74, 6) is 1.18. The highest BCUT2D eigenvalue weighted by atomic mass is 32.2. The van der Waals surface area contributed by atoms with Crippen molar-refractivity contribution in [1.82, 2.24) is 5.32 Å². The van der Waals surface area contributed by atoms with E-state index in [4.69, 9.17) is 0 Å². The first kappa shape index (κ1) is 11.8. The van der Waals surface area contributed by atoms with Crippen LogP contribution in [0.5, 0.6) is 0 Å². The Balaban J connectivity index is 1.92. The predicted octanol–water partition coefficient (Wildman–Crippen LogP) is 3.81. The van der Waals surface area contributed by atoms with Crippen LogP contribution in [0.2, 0.25) is 0 Å². The lowest BCUT2D eigenvalue weighted by Gasteiger charge is -2.33. The SMILES string of the molecule is c1ccc(C2NCCSC2c2ccccc2)cc1. The quantitative estimate of drug-likeness (QED) is 0.876. The number of nitrogens with one attached hydrogen (secondary N) is 1. The molecule has 0 aliphatic carbocycles. The summed E-state index contributed by atoms with van der Waals surface area (Å²) in [6, 6.07) is 22.0. The van der Waals surface area contributed by atoms with Crippen LogP contribution in [-0.4, -0.2) is 12.3 Å². The van der Waals surface area contributed by atoms with E-state index in [9.17, 15) is 0 Å². The lowest BCUT2D eigenvalue weighted by molar-refractivity contribution is 0.527. The Morgan fingerprint density at radius 3 is 2.11 bits per heavy atom. The van der Waals surface area contributed by atoms with E-state index in [1.807, 2.05) is 0 Å². The molecule has 1 nitrogen and oxygen atoms in total. The van der Waals surface area contributed by atoms with Gasteiger partial charge < -0.3 is 5.32 Å². The molecule has 2 aromatic carbocycles. The fraction of sp³-hybridized carbons (Fsp3) is 0.250. The van der Waals surface area contributed by atoms with Crippen LogP contribution in [-0.2, 0) is 0 Å². The molecular formula is C16H17NS. The molecule has 1 N–H and O–H groups in total. The molecule has 2 heteroatoms. The minimum Gasteiger partial charge on any atom is -0.308 e. The summed E-state index contributed by atoms with van der Waals surface area (Å²) in [4.78, 5) is 0. The molecule has 0 bridgehead atoms. The highest BCUT2D eigenvalue weighted by molar-refractivity contribution is 7.99. The Labute approximate surface area is 113 Å².